The van der Waals surface area contributed by atoms with Crippen LogP contribution in [0.4, 0.5) is 5.69 Å². The van der Waals surface area contributed by atoms with Gasteiger partial charge in [-0.3, -0.25) is 9.59 Å². The summed E-state index contributed by atoms with van der Waals surface area (Å²) in [7, 11) is 0. The van der Waals surface area contributed by atoms with Gasteiger partial charge in [-0.25, -0.2) is 0 Å². The first-order valence-corrected chi connectivity index (χ1v) is 8.87. The van der Waals surface area contributed by atoms with E-state index in [1.54, 1.807) is 18.2 Å². The third kappa shape index (κ3) is 6.24. The van der Waals surface area contributed by atoms with Gasteiger partial charge in [0, 0.05) is 24.2 Å². The molecule has 2 aromatic rings. The highest BCUT2D eigenvalue weighted by molar-refractivity contribution is 5.94. The number of nitrogens with one attached hydrogen (secondary N) is 2. The van der Waals surface area contributed by atoms with Crippen molar-refractivity contribution in [3.63, 3.8) is 0 Å². The third-order valence-electron chi connectivity index (χ3n) is 3.66. The molecule has 0 aromatic heterocycles. The topological polar surface area (TPSA) is 67.4 Å². The van der Waals surface area contributed by atoms with E-state index in [4.69, 9.17) is 4.74 Å². The fourth-order valence-electron chi connectivity index (χ4n) is 2.52. The van der Waals surface area contributed by atoms with Gasteiger partial charge in [0.05, 0.1) is 6.61 Å². The minimum Gasteiger partial charge on any atom is -0.494 e. The van der Waals surface area contributed by atoms with Gasteiger partial charge in [0.2, 0.25) is 5.91 Å². The van der Waals surface area contributed by atoms with Crippen LogP contribution < -0.4 is 15.4 Å². The van der Waals surface area contributed by atoms with Crippen LogP contribution in [0.25, 0.3) is 0 Å². The van der Waals surface area contributed by atoms with Gasteiger partial charge in [-0.1, -0.05) is 32.0 Å². The van der Waals surface area contributed by atoms with E-state index < -0.39 is 0 Å². The molecule has 0 aliphatic rings. The van der Waals surface area contributed by atoms with Crippen molar-refractivity contribution in [3.05, 3.63) is 59.7 Å². The minimum absolute atomic E-state index is 0.00563. The molecule has 0 unspecified atom stereocenters. The standard InChI is InChI=1S/C21H26N2O3/c1-4-26-19-10-6-8-17(13-19)21(25)22-14-16-7-5-9-18(12-16)23-20(24)11-15(2)3/h5-10,12-13,15H,4,11,14H2,1-3H3,(H,22,25)(H,23,24). The predicted octanol–water partition coefficient (Wildman–Crippen LogP) is 4.00. The Labute approximate surface area is 154 Å². The number of hydrogen-bond acceptors (Lipinski definition) is 3. The molecular formula is C21H26N2O3. The Morgan fingerprint density at radius 1 is 1.08 bits per heavy atom. The second-order valence-electron chi connectivity index (χ2n) is 6.49. The number of hydrogen-bond donors (Lipinski definition) is 2. The second-order valence-corrected chi connectivity index (χ2v) is 6.49. The molecule has 2 N–H and O–H groups in total. The summed E-state index contributed by atoms with van der Waals surface area (Å²) >= 11 is 0. The monoisotopic (exact) mass is 354 g/mol. The molecule has 2 aromatic carbocycles. The predicted molar refractivity (Wildman–Crippen MR) is 103 cm³/mol. The van der Waals surface area contributed by atoms with Crippen LogP contribution in [0, 0.1) is 5.92 Å². The van der Waals surface area contributed by atoms with Crippen LogP contribution in [0.3, 0.4) is 0 Å². The van der Waals surface area contributed by atoms with Crippen LogP contribution in [0.2, 0.25) is 0 Å². The van der Waals surface area contributed by atoms with E-state index in [1.165, 1.54) is 0 Å². The Morgan fingerprint density at radius 2 is 1.85 bits per heavy atom. The lowest BCUT2D eigenvalue weighted by Gasteiger charge is -2.10. The van der Waals surface area contributed by atoms with Gasteiger partial charge in [-0.2, -0.15) is 0 Å². The Morgan fingerprint density at radius 3 is 2.58 bits per heavy atom. The van der Waals surface area contributed by atoms with Crippen molar-refractivity contribution in [1.82, 2.24) is 5.32 Å². The molecule has 138 valence electrons. The van der Waals surface area contributed by atoms with E-state index in [-0.39, 0.29) is 11.8 Å². The van der Waals surface area contributed by atoms with E-state index >= 15 is 0 Å². The van der Waals surface area contributed by atoms with Gasteiger partial charge in [0.25, 0.3) is 5.91 Å². The molecule has 0 radical (unpaired) electrons. The Hall–Kier alpha value is -2.82. The van der Waals surface area contributed by atoms with E-state index in [1.807, 2.05) is 51.1 Å². The van der Waals surface area contributed by atoms with Crippen molar-refractivity contribution in [3.8, 4) is 5.75 Å². The van der Waals surface area contributed by atoms with Crippen LogP contribution >= 0.6 is 0 Å². The molecule has 5 heteroatoms. The van der Waals surface area contributed by atoms with Gasteiger partial charge >= 0.3 is 0 Å². The first kappa shape index (κ1) is 19.5. The normalized spacial score (nSPS) is 10.5. The zero-order valence-corrected chi connectivity index (χ0v) is 15.5. The fourth-order valence-corrected chi connectivity index (χ4v) is 2.52. The van der Waals surface area contributed by atoms with E-state index in [9.17, 15) is 9.59 Å². The summed E-state index contributed by atoms with van der Waals surface area (Å²) in [6, 6.07) is 14.6. The highest BCUT2D eigenvalue weighted by atomic mass is 16.5. The first-order chi connectivity index (χ1) is 12.5. The molecule has 5 nitrogen and oxygen atoms in total. The molecular weight excluding hydrogens is 328 g/mol. The van der Waals surface area contributed by atoms with Gasteiger partial charge in [-0.15, -0.1) is 0 Å². The molecule has 26 heavy (non-hydrogen) atoms. The Bertz CT molecular complexity index is 756. The van der Waals surface area contributed by atoms with E-state index in [2.05, 4.69) is 10.6 Å². The molecule has 0 bridgehead atoms. The van der Waals surface area contributed by atoms with E-state index in [0.29, 0.717) is 36.8 Å². The van der Waals surface area contributed by atoms with E-state index in [0.717, 1.165) is 11.3 Å². The van der Waals surface area contributed by atoms with Crippen molar-refractivity contribution in [2.24, 2.45) is 5.92 Å². The molecule has 2 rings (SSSR count). The fraction of sp³-hybridized carbons (Fsp3) is 0.333. The molecule has 0 spiro atoms. The average molecular weight is 354 g/mol. The number of ether oxygens (including phenoxy) is 1. The van der Waals surface area contributed by atoms with Crippen molar-refractivity contribution < 1.29 is 14.3 Å². The first-order valence-electron chi connectivity index (χ1n) is 8.87. The van der Waals surface area contributed by atoms with Crippen LogP contribution in [0.15, 0.2) is 48.5 Å². The van der Waals surface area contributed by atoms with Gasteiger partial charge in [0.15, 0.2) is 0 Å². The number of benzene rings is 2. The number of rotatable bonds is 8. The number of amides is 2. The average Bonchev–Trinajstić information content (AvgIpc) is 2.60. The van der Waals surface area contributed by atoms with Crippen molar-refractivity contribution >= 4 is 17.5 Å². The van der Waals surface area contributed by atoms with Crippen molar-refractivity contribution in [2.75, 3.05) is 11.9 Å². The maximum Gasteiger partial charge on any atom is 0.251 e. The zero-order chi connectivity index (χ0) is 18.9. The molecule has 0 aliphatic carbocycles. The minimum atomic E-state index is -0.166. The van der Waals surface area contributed by atoms with Gasteiger partial charge < -0.3 is 15.4 Å². The molecule has 2 amide bonds. The largest absolute Gasteiger partial charge is 0.494 e. The lowest BCUT2D eigenvalue weighted by atomic mass is 10.1. The van der Waals surface area contributed by atoms with Crippen LogP contribution in [0.5, 0.6) is 5.75 Å². The third-order valence-corrected chi connectivity index (χ3v) is 3.66. The Kier molecular flexibility index (Phi) is 7.21. The van der Waals surface area contributed by atoms with Crippen LogP contribution in [-0.4, -0.2) is 18.4 Å². The lowest BCUT2D eigenvalue weighted by molar-refractivity contribution is -0.116. The summed E-state index contributed by atoms with van der Waals surface area (Å²) in [5.41, 5.74) is 2.21. The maximum atomic E-state index is 12.3. The van der Waals surface area contributed by atoms with Crippen LogP contribution in [-0.2, 0) is 11.3 Å². The quantitative estimate of drug-likeness (QED) is 0.753. The summed E-state index contributed by atoms with van der Waals surface area (Å²) in [5, 5.41) is 5.78. The molecule has 0 saturated heterocycles. The summed E-state index contributed by atoms with van der Waals surface area (Å²) in [5.74, 6) is 0.814. The summed E-state index contributed by atoms with van der Waals surface area (Å²) in [6.07, 6.45) is 0.483. The molecule has 0 saturated carbocycles. The van der Waals surface area contributed by atoms with Crippen molar-refractivity contribution in [2.45, 2.75) is 33.7 Å². The number of anilines is 1. The zero-order valence-electron chi connectivity index (χ0n) is 15.5. The van der Waals surface area contributed by atoms with Gasteiger partial charge in [0.1, 0.15) is 5.75 Å². The number of carbonyl (C=O) groups excluding carboxylic acids is 2. The SMILES string of the molecule is CCOc1cccc(C(=O)NCc2cccc(NC(=O)CC(C)C)c2)c1. The van der Waals surface area contributed by atoms with Crippen LogP contribution in [0.1, 0.15) is 43.1 Å². The number of carbonyl (C=O) groups is 2. The highest BCUT2D eigenvalue weighted by Gasteiger charge is 2.08. The van der Waals surface area contributed by atoms with Gasteiger partial charge in [-0.05, 0) is 48.7 Å². The lowest BCUT2D eigenvalue weighted by Crippen LogP contribution is -2.23. The second kappa shape index (κ2) is 9.61. The smallest absolute Gasteiger partial charge is 0.251 e. The summed E-state index contributed by atoms with van der Waals surface area (Å²) in [6.45, 7) is 6.85. The maximum absolute atomic E-state index is 12.3. The molecule has 0 fully saturated rings. The molecule has 0 aliphatic heterocycles. The van der Waals surface area contributed by atoms with Crippen molar-refractivity contribution in [1.29, 1.82) is 0 Å². The summed E-state index contributed by atoms with van der Waals surface area (Å²) in [4.78, 5) is 24.2. The molecule has 0 heterocycles. The Balaban J connectivity index is 1.94. The highest BCUT2D eigenvalue weighted by Crippen LogP contribution is 2.15. The summed E-state index contributed by atoms with van der Waals surface area (Å²) < 4.78 is 5.42. The molecule has 0 atom stereocenters.